The normalized spacial score (nSPS) is 12.1. The van der Waals surface area contributed by atoms with Crippen LogP contribution in [0.3, 0.4) is 0 Å². The summed E-state index contributed by atoms with van der Waals surface area (Å²) in [6.07, 6.45) is 0.382. The van der Waals surface area contributed by atoms with E-state index in [1.165, 1.54) is 12.1 Å². The number of hydrogen-bond donors (Lipinski definition) is 1. The van der Waals surface area contributed by atoms with Gasteiger partial charge in [0.1, 0.15) is 5.82 Å². The predicted molar refractivity (Wildman–Crippen MR) is 51.3 cm³/mol. The van der Waals surface area contributed by atoms with Crippen LogP contribution in [0, 0.1) is 23.1 Å². The van der Waals surface area contributed by atoms with Gasteiger partial charge in [0, 0.05) is 0 Å². The van der Waals surface area contributed by atoms with E-state index in [2.05, 4.69) is 0 Å². The molecule has 0 radical (unpaired) electrons. The SMILES string of the molecule is N#CC(CO)Cc1ccc(F)c(Cl)c1. The fourth-order valence-corrected chi connectivity index (χ4v) is 1.31. The Kier molecular flexibility index (Phi) is 3.87. The van der Waals surface area contributed by atoms with Gasteiger partial charge in [-0.2, -0.15) is 5.26 Å². The Labute approximate surface area is 86.5 Å². The largest absolute Gasteiger partial charge is 0.395 e. The minimum absolute atomic E-state index is 0.0390. The molecular weight excluding hydrogens is 205 g/mol. The summed E-state index contributed by atoms with van der Waals surface area (Å²) in [5.41, 5.74) is 0.747. The highest BCUT2D eigenvalue weighted by Crippen LogP contribution is 2.18. The van der Waals surface area contributed by atoms with Gasteiger partial charge in [-0.15, -0.1) is 0 Å². The number of benzene rings is 1. The minimum atomic E-state index is -0.479. The minimum Gasteiger partial charge on any atom is -0.395 e. The maximum Gasteiger partial charge on any atom is 0.141 e. The van der Waals surface area contributed by atoms with Crippen molar-refractivity contribution < 1.29 is 9.50 Å². The number of aliphatic hydroxyl groups excluding tert-OH is 1. The van der Waals surface area contributed by atoms with Gasteiger partial charge in [0.25, 0.3) is 0 Å². The molecule has 1 unspecified atom stereocenters. The molecule has 1 rings (SSSR count). The van der Waals surface area contributed by atoms with E-state index < -0.39 is 11.7 Å². The standard InChI is InChI=1S/C10H9ClFNO/c11-9-4-7(1-2-10(9)12)3-8(5-13)6-14/h1-2,4,8,14H,3,6H2. The lowest BCUT2D eigenvalue weighted by Gasteiger charge is -2.05. The average Bonchev–Trinajstić information content (AvgIpc) is 2.19. The molecule has 14 heavy (non-hydrogen) atoms. The maximum atomic E-state index is 12.8. The smallest absolute Gasteiger partial charge is 0.141 e. The van der Waals surface area contributed by atoms with E-state index >= 15 is 0 Å². The summed E-state index contributed by atoms with van der Waals surface area (Å²) >= 11 is 5.56. The monoisotopic (exact) mass is 213 g/mol. The van der Waals surface area contributed by atoms with Crippen molar-refractivity contribution in [3.63, 3.8) is 0 Å². The first kappa shape index (κ1) is 11.0. The number of nitrogens with zero attached hydrogens (tertiary/aromatic N) is 1. The highest BCUT2D eigenvalue weighted by molar-refractivity contribution is 6.30. The van der Waals surface area contributed by atoms with Gasteiger partial charge < -0.3 is 5.11 Å². The van der Waals surface area contributed by atoms with E-state index in [1.807, 2.05) is 6.07 Å². The average molecular weight is 214 g/mol. The van der Waals surface area contributed by atoms with Gasteiger partial charge in [-0.05, 0) is 24.1 Å². The molecule has 74 valence electrons. The molecule has 0 aliphatic rings. The molecular formula is C10H9ClFNO. The van der Waals surface area contributed by atoms with Crippen molar-refractivity contribution in [2.75, 3.05) is 6.61 Å². The molecule has 0 aromatic heterocycles. The van der Waals surface area contributed by atoms with Crippen molar-refractivity contribution in [1.29, 1.82) is 5.26 Å². The van der Waals surface area contributed by atoms with Gasteiger partial charge in [0.05, 0.1) is 23.6 Å². The Balaban J connectivity index is 2.78. The molecule has 0 saturated heterocycles. The van der Waals surface area contributed by atoms with Crippen molar-refractivity contribution in [3.8, 4) is 6.07 Å². The van der Waals surface area contributed by atoms with Crippen LogP contribution >= 0.6 is 11.6 Å². The fourth-order valence-electron chi connectivity index (χ4n) is 1.10. The molecule has 0 bridgehead atoms. The van der Waals surface area contributed by atoms with E-state index in [-0.39, 0.29) is 11.6 Å². The quantitative estimate of drug-likeness (QED) is 0.836. The third-order valence-electron chi connectivity index (χ3n) is 1.87. The van der Waals surface area contributed by atoms with Crippen LogP contribution in [0.15, 0.2) is 18.2 Å². The lowest BCUT2D eigenvalue weighted by Crippen LogP contribution is -2.06. The predicted octanol–water partition coefficient (Wildman–Crippen LogP) is 2.15. The van der Waals surface area contributed by atoms with Gasteiger partial charge in [-0.1, -0.05) is 17.7 Å². The topological polar surface area (TPSA) is 44.0 Å². The summed E-state index contributed by atoms with van der Waals surface area (Å²) in [4.78, 5) is 0. The van der Waals surface area contributed by atoms with Gasteiger partial charge in [0.15, 0.2) is 0 Å². The molecule has 1 aromatic carbocycles. The number of aliphatic hydroxyl groups is 1. The van der Waals surface area contributed by atoms with Crippen molar-refractivity contribution in [1.82, 2.24) is 0 Å². The molecule has 0 aliphatic heterocycles. The molecule has 2 nitrogen and oxygen atoms in total. The second-order valence-electron chi connectivity index (χ2n) is 2.96. The van der Waals surface area contributed by atoms with E-state index in [9.17, 15) is 4.39 Å². The number of nitriles is 1. The van der Waals surface area contributed by atoms with E-state index in [1.54, 1.807) is 6.07 Å². The molecule has 1 N–H and O–H groups in total. The molecule has 1 aromatic rings. The van der Waals surface area contributed by atoms with Crippen molar-refractivity contribution in [2.45, 2.75) is 6.42 Å². The van der Waals surface area contributed by atoms with Crippen LogP contribution in [-0.4, -0.2) is 11.7 Å². The fraction of sp³-hybridized carbons (Fsp3) is 0.300. The van der Waals surface area contributed by atoms with Gasteiger partial charge in [0.2, 0.25) is 0 Å². The Bertz CT molecular complexity index is 362. The Hall–Kier alpha value is -1.11. The number of hydrogen-bond acceptors (Lipinski definition) is 2. The summed E-state index contributed by atoms with van der Waals surface area (Å²) in [5.74, 6) is -0.940. The van der Waals surface area contributed by atoms with Crippen LogP contribution in [0.5, 0.6) is 0 Å². The van der Waals surface area contributed by atoms with Gasteiger partial charge in [-0.25, -0.2) is 4.39 Å². The molecule has 4 heteroatoms. The Morgan fingerprint density at radius 3 is 2.79 bits per heavy atom. The van der Waals surface area contributed by atoms with Crippen LogP contribution in [0.4, 0.5) is 4.39 Å². The Morgan fingerprint density at radius 1 is 1.57 bits per heavy atom. The van der Waals surface area contributed by atoms with Crippen LogP contribution in [0.1, 0.15) is 5.56 Å². The van der Waals surface area contributed by atoms with E-state index in [0.29, 0.717) is 6.42 Å². The third kappa shape index (κ3) is 2.69. The lowest BCUT2D eigenvalue weighted by molar-refractivity contribution is 0.255. The highest BCUT2D eigenvalue weighted by Gasteiger charge is 2.08. The third-order valence-corrected chi connectivity index (χ3v) is 2.16. The zero-order valence-corrected chi connectivity index (χ0v) is 8.13. The first-order chi connectivity index (χ1) is 6.67. The summed E-state index contributed by atoms with van der Waals surface area (Å²) in [6, 6.07) is 6.23. The van der Waals surface area contributed by atoms with E-state index in [0.717, 1.165) is 5.56 Å². The first-order valence-corrected chi connectivity index (χ1v) is 4.49. The van der Waals surface area contributed by atoms with Crippen molar-refractivity contribution >= 4 is 11.6 Å². The number of halogens is 2. The highest BCUT2D eigenvalue weighted by atomic mass is 35.5. The van der Waals surface area contributed by atoms with Crippen LogP contribution < -0.4 is 0 Å². The maximum absolute atomic E-state index is 12.8. The van der Waals surface area contributed by atoms with Crippen LogP contribution in [-0.2, 0) is 6.42 Å². The van der Waals surface area contributed by atoms with Crippen molar-refractivity contribution in [3.05, 3.63) is 34.6 Å². The van der Waals surface area contributed by atoms with Gasteiger partial charge >= 0.3 is 0 Å². The molecule has 0 aliphatic carbocycles. The van der Waals surface area contributed by atoms with Crippen molar-refractivity contribution in [2.24, 2.45) is 5.92 Å². The molecule has 0 fully saturated rings. The Morgan fingerprint density at radius 2 is 2.29 bits per heavy atom. The first-order valence-electron chi connectivity index (χ1n) is 4.11. The van der Waals surface area contributed by atoms with Crippen LogP contribution in [0.2, 0.25) is 5.02 Å². The van der Waals surface area contributed by atoms with E-state index in [4.69, 9.17) is 22.0 Å². The summed E-state index contributed by atoms with van der Waals surface area (Å²) in [7, 11) is 0. The summed E-state index contributed by atoms with van der Waals surface area (Å²) < 4.78 is 12.8. The molecule has 0 spiro atoms. The van der Waals surface area contributed by atoms with Crippen LogP contribution in [0.25, 0.3) is 0 Å². The second-order valence-corrected chi connectivity index (χ2v) is 3.37. The molecule has 0 saturated carbocycles. The number of rotatable bonds is 3. The van der Waals surface area contributed by atoms with Gasteiger partial charge in [-0.3, -0.25) is 0 Å². The summed E-state index contributed by atoms with van der Waals surface area (Å²) in [6.45, 7) is -0.203. The zero-order valence-electron chi connectivity index (χ0n) is 7.37. The molecule has 1 atom stereocenters. The zero-order chi connectivity index (χ0) is 10.6. The summed E-state index contributed by atoms with van der Waals surface area (Å²) in [5, 5.41) is 17.4. The molecule has 0 amide bonds. The molecule has 0 heterocycles. The lowest BCUT2D eigenvalue weighted by atomic mass is 10.0. The second kappa shape index (κ2) is 4.94.